The van der Waals surface area contributed by atoms with Crippen molar-refractivity contribution in [1.82, 2.24) is 0 Å². The quantitative estimate of drug-likeness (QED) is 0.734. The maximum Gasteiger partial charge on any atom is 0.293 e. The summed E-state index contributed by atoms with van der Waals surface area (Å²) in [4.78, 5) is 12.4. The topological polar surface area (TPSA) is 33.0 Å². The number of benzene rings is 2. The molecule has 3 rings (SSSR count). The first kappa shape index (κ1) is 14.3. The third kappa shape index (κ3) is 2.98. The molecule has 3 heteroatoms. The lowest BCUT2D eigenvalue weighted by atomic mass is 10.1. The van der Waals surface area contributed by atoms with E-state index in [-0.39, 0.29) is 11.9 Å². The molecule has 0 bridgehead atoms. The van der Waals surface area contributed by atoms with Gasteiger partial charge in [0.1, 0.15) is 0 Å². The number of amides is 1. The monoisotopic (exact) mass is 291 g/mol. The van der Waals surface area contributed by atoms with E-state index in [0.717, 1.165) is 11.1 Å². The van der Waals surface area contributed by atoms with E-state index in [1.807, 2.05) is 73.3 Å². The zero-order valence-corrected chi connectivity index (χ0v) is 12.8. The van der Waals surface area contributed by atoms with Crippen molar-refractivity contribution >= 4 is 22.4 Å². The number of nitrogens with zero attached hydrogens (tertiary/aromatic N) is 1. The van der Waals surface area contributed by atoms with Crippen molar-refractivity contribution in [2.24, 2.45) is 0 Å². The fourth-order valence-electron chi connectivity index (χ4n) is 2.41. The SMILES string of the molecule is Cc1ccc(NC(=O)[C@@H](C)[n+]2ccc3ccccc3c2)cc1. The van der Waals surface area contributed by atoms with Gasteiger partial charge in [-0.05, 0) is 30.5 Å². The Morgan fingerprint density at radius 1 is 1.00 bits per heavy atom. The van der Waals surface area contributed by atoms with Crippen LogP contribution in [0.15, 0.2) is 67.0 Å². The number of fused-ring (bicyclic) bond motifs is 1. The Labute approximate surface area is 130 Å². The van der Waals surface area contributed by atoms with E-state index in [1.165, 1.54) is 10.9 Å². The molecule has 0 aliphatic carbocycles. The van der Waals surface area contributed by atoms with Crippen molar-refractivity contribution in [3.63, 3.8) is 0 Å². The summed E-state index contributed by atoms with van der Waals surface area (Å²) in [6.07, 6.45) is 3.95. The molecule has 3 nitrogen and oxygen atoms in total. The van der Waals surface area contributed by atoms with Crippen LogP contribution in [0.5, 0.6) is 0 Å². The van der Waals surface area contributed by atoms with Gasteiger partial charge in [0.15, 0.2) is 12.4 Å². The van der Waals surface area contributed by atoms with Crippen molar-refractivity contribution in [3.8, 4) is 0 Å². The van der Waals surface area contributed by atoms with Crippen LogP contribution in [0.4, 0.5) is 5.69 Å². The second kappa shape index (κ2) is 5.98. The lowest BCUT2D eigenvalue weighted by Crippen LogP contribution is -2.44. The molecular weight excluding hydrogens is 272 g/mol. The molecule has 0 fully saturated rings. The van der Waals surface area contributed by atoms with Gasteiger partial charge in [-0.1, -0.05) is 35.9 Å². The smallest absolute Gasteiger partial charge is 0.293 e. The van der Waals surface area contributed by atoms with Gasteiger partial charge in [-0.2, -0.15) is 4.57 Å². The van der Waals surface area contributed by atoms with Gasteiger partial charge in [-0.25, -0.2) is 0 Å². The number of pyridine rings is 1. The van der Waals surface area contributed by atoms with E-state index in [9.17, 15) is 4.79 Å². The first-order valence-corrected chi connectivity index (χ1v) is 7.40. The Balaban J connectivity index is 1.80. The van der Waals surface area contributed by atoms with Crippen molar-refractivity contribution in [2.45, 2.75) is 19.9 Å². The van der Waals surface area contributed by atoms with Gasteiger partial charge in [-0.3, -0.25) is 4.79 Å². The minimum atomic E-state index is -0.272. The summed E-state index contributed by atoms with van der Waals surface area (Å²) in [5.41, 5.74) is 2.00. The van der Waals surface area contributed by atoms with Gasteiger partial charge in [0.05, 0.1) is 0 Å². The van der Waals surface area contributed by atoms with E-state index in [2.05, 4.69) is 17.4 Å². The van der Waals surface area contributed by atoms with Crippen LogP contribution in [0, 0.1) is 6.92 Å². The molecule has 0 saturated heterocycles. The van der Waals surface area contributed by atoms with Gasteiger partial charge < -0.3 is 5.32 Å². The predicted octanol–water partition coefficient (Wildman–Crippen LogP) is 3.64. The van der Waals surface area contributed by atoms with E-state index in [4.69, 9.17) is 0 Å². The number of rotatable bonds is 3. The van der Waals surface area contributed by atoms with Crippen molar-refractivity contribution in [2.75, 3.05) is 5.32 Å². The van der Waals surface area contributed by atoms with Crippen LogP contribution in [-0.2, 0) is 4.79 Å². The largest absolute Gasteiger partial charge is 0.320 e. The van der Waals surface area contributed by atoms with Gasteiger partial charge in [0.25, 0.3) is 5.91 Å². The van der Waals surface area contributed by atoms with Crippen LogP contribution in [0.1, 0.15) is 18.5 Å². The average molecular weight is 291 g/mol. The molecule has 1 heterocycles. The van der Waals surface area contributed by atoms with Gasteiger partial charge in [0, 0.05) is 24.1 Å². The fraction of sp³-hybridized carbons (Fsp3) is 0.158. The number of aryl methyl sites for hydroxylation is 1. The molecular formula is C19H19N2O+. The molecule has 0 unspecified atom stereocenters. The van der Waals surface area contributed by atoms with Crippen LogP contribution in [0.25, 0.3) is 10.8 Å². The highest BCUT2D eigenvalue weighted by molar-refractivity contribution is 5.92. The first-order chi connectivity index (χ1) is 10.6. The van der Waals surface area contributed by atoms with Gasteiger partial charge in [-0.15, -0.1) is 0 Å². The van der Waals surface area contributed by atoms with Crippen molar-refractivity contribution in [3.05, 3.63) is 72.6 Å². The number of carbonyl (C=O) groups is 1. The molecule has 2 aromatic carbocycles. The van der Waals surface area contributed by atoms with Crippen LogP contribution >= 0.6 is 0 Å². The number of carbonyl (C=O) groups excluding carboxylic acids is 1. The zero-order chi connectivity index (χ0) is 15.5. The number of hydrogen-bond acceptors (Lipinski definition) is 1. The minimum Gasteiger partial charge on any atom is -0.320 e. The summed E-state index contributed by atoms with van der Waals surface area (Å²) in [7, 11) is 0. The predicted molar refractivity (Wildman–Crippen MR) is 88.7 cm³/mol. The zero-order valence-electron chi connectivity index (χ0n) is 12.8. The van der Waals surface area contributed by atoms with Crippen LogP contribution in [0.3, 0.4) is 0 Å². The van der Waals surface area contributed by atoms with Crippen molar-refractivity contribution < 1.29 is 9.36 Å². The molecule has 0 saturated carbocycles. The molecule has 1 N–H and O–H groups in total. The number of hydrogen-bond donors (Lipinski definition) is 1. The molecule has 1 aromatic heterocycles. The summed E-state index contributed by atoms with van der Waals surface area (Å²) in [5, 5.41) is 5.25. The second-order valence-corrected chi connectivity index (χ2v) is 5.55. The second-order valence-electron chi connectivity index (χ2n) is 5.55. The van der Waals surface area contributed by atoms with E-state index in [0.29, 0.717) is 0 Å². The highest BCUT2D eigenvalue weighted by Crippen LogP contribution is 2.13. The van der Waals surface area contributed by atoms with E-state index >= 15 is 0 Å². The summed E-state index contributed by atoms with van der Waals surface area (Å²) in [5.74, 6) is -0.0239. The lowest BCUT2D eigenvalue weighted by Gasteiger charge is -2.09. The maximum atomic E-state index is 12.4. The molecule has 0 aliphatic heterocycles. The highest BCUT2D eigenvalue weighted by atomic mass is 16.2. The van der Waals surface area contributed by atoms with Crippen LogP contribution in [0.2, 0.25) is 0 Å². The van der Waals surface area contributed by atoms with Gasteiger partial charge in [0.2, 0.25) is 6.04 Å². The fourth-order valence-corrected chi connectivity index (χ4v) is 2.41. The van der Waals surface area contributed by atoms with E-state index < -0.39 is 0 Å². The Hall–Kier alpha value is -2.68. The molecule has 0 radical (unpaired) electrons. The average Bonchev–Trinajstić information content (AvgIpc) is 2.55. The first-order valence-electron chi connectivity index (χ1n) is 7.40. The van der Waals surface area contributed by atoms with Gasteiger partial charge >= 0.3 is 0 Å². The van der Waals surface area contributed by atoms with E-state index in [1.54, 1.807) is 0 Å². The molecule has 1 atom stereocenters. The Morgan fingerprint density at radius 3 is 2.41 bits per heavy atom. The lowest BCUT2D eigenvalue weighted by molar-refractivity contribution is -0.704. The third-order valence-electron chi connectivity index (χ3n) is 3.86. The molecule has 0 spiro atoms. The minimum absolute atomic E-state index is 0.0239. The maximum absolute atomic E-state index is 12.4. The molecule has 3 aromatic rings. The molecule has 0 aliphatic rings. The Morgan fingerprint density at radius 2 is 1.68 bits per heavy atom. The highest BCUT2D eigenvalue weighted by Gasteiger charge is 2.22. The summed E-state index contributed by atoms with van der Waals surface area (Å²) >= 11 is 0. The Bertz CT molecular complexity index is 809. The molecule has 110 valence electrons. The normalized spacial score (nSPS) is 12.1. The standard InChI is InChI=1S/C19H18N2O/c1-14-7-9-18(10-8-14)20-19(22)15(2)21-12-11-16-5-3-4-6-17(16)13-21/h3-13,15H,1-2H3/p+1/t15-/m1/s1. The molecule has 1 amide bonds. The molecule has 22 heavy (non-hydrogen) atoms. The number of aromatic nitrogens is 1. The Kier molecular flexibility index (Phi) is 3.88. The third-order valence-corrected chi connectivity index (χ3v) is 3.86. The number of anilines is 1. The number of nitrogens with one attached hydrogen (secondary N) is 1. The summed E-state index contributed by atoms with van der Waals surface area (Å²) in [6.45, 7) is 3.93. The summed E-state index contributed by atoms with van der Waals surface area (Å²) in [6, 6.07) is 17.7. The van der Waals surface area contributed by atoms with Crippen molar-refractivity contribution in [1.29, 1.82) is 0 Å². The summed E-state index contributed by atoms with van der Waals surface area (Å²) < 4.78 is 1.94. The van der Waals surface area contributed by atoms with Crippen LogP contribution in [-0.4, -0.2) is 5.91 Å². The van der Waals surface area contributed by atoms with Crippen LogP contribution < -0.4 is 9.88 Å².